The van der Waals surface area contributed by atoms with E-state index < -0.39 is 33.4 Å². The van der Waals surface area contributed by atoms with Gasteiger partial charge in [0.15, 0.2) is 9.84 Å². The van der Waals surface area contributed by atoms with Crippen molar-refractivity contribution in [2.24, 2.45) is 0 Å². The lowest BCUT2D eigenvalue weighted by Crippen LogP contribution is -2.54. The lowest BCUT2D eigenvalue weighted by Gasteiger charge is -2.29. The number of carbonyl (C=O) groups is 2. The minimum atomic E-state index is -3.10. The summed E-state index contributed by atoms with van der Waals surface area (Å²) in [7, 11) is -3.10. The summed E-state index contributed by atoms with van der Waals surface area (Å²) in [6.07, 6.45) is 1.46. The molecule has 0 bridgehead atoms. The Morgan fingerprint density at radius 1 is 1.42 bits per heavy atom. The fourth-order valence-electron chi connectivity index (χ4n) is 2.71. The monoisotopic (exact) mass is 290 g/mol. The molecule has 0 aromatic carbocycles. The molecule has 0 aliphatic carbocycles. The molecule has 2 saturated heterocycles. The third-order valence-electron chi connectivity index (χ3n) is 3.71. The zero-order valence-electron chi connectivity index (χ0n) is 10.8. The Bertz CT molecular complexity index is 503. The van der Waals surface area contributed by atoms with Crippen LogP contribution < -0.4 is 5.32 Å². The maximum atomic E-state index is 12.1. The first kappa shape index (κ1) is 14.1. The zero-order chi connectivity index (χ0) is 14.3. The highest BCUT2D eigenvalue weighted by Gasteiger charge is 2.42. The van der Waals surface area contributed by atoms with Crippen molar-refractivity contribution in [3.63, 3.8) is 0 Å². The van der Waals surface area contributed by atoms with Crippen molar-refractivity contribution < 1.29 is 23.1 Å². The van der Waals surface area contributed by atoms with Crippen LogP contribution in [0.25, 0.3) is 0 Å². The van der Waals surface area contributed by atoms with Crippen LogP contribution in [0.5, 0.6) is 0 Å². The summed E-state index contributed by atoms with van der Waals surface area (Å²) >= 11 is 0. The molecule has 2 unspecified atom stereocenters. The SMILES string of the molecule is CC1(NC(=O)N2CCCC2C(=O)O)CCS(=O)(=O)C1. The van der Waals surface area contributed by atoms with Crippen LogP contribution in [0.3, 0.4) is 0 Å². The molecule has 2 amide bonds. The van der Waals surface area contributed by atoms with E-state index in [1.54, 1.807) is 6.92 Å². The minimum absolute atomic E-state index is 0.0616. The molecular formula is C11H18N2O5S. The van der Waals surface area contributed by atoms with Gasteiger partial charge in [-0.25, -0.2) is 18.0 Å². The molecule has 8 heteroatoms. The van der Waals surface area contributed by atoms with Crippen LogP contribution in [-0.2, 0) is 14.6 Å². The van der Waals surface area contributed by atoms with E-state index in [4.69, 9.17) is 5.11 Å². The van der Waals surface area contributed by atoms with Gasteiger partial charge >= 0.3 is 12.0 Å². The van der Waals surface area contributed by atoms with Crippen LogP contribution in [0.4, 0.5) is 4.79 Å². The van der Waals surface area contributed by atoms with E-state index in [1.165, 1.54) is 4.90 Å². The number of sulfone groups is 1. The number of hydrogen-bond acceptors (Lipinski definition) is 4. The van der Waals surface area contributed by atoms with Gasteiger partial charge in [-0.3, -0.25) is 0 Å². The topological polar surface area (TPSA) is 104 Å². The Labute approximate surface area is 111 Å². The predicted molar refractivity (Wildman–Crippen MR) is 67.6 cm³/mol. The Balaban J connectivity index is 2.04. The van der Waals surface area contributed by atoms with Crippen LogP contribution in [0.1, 0.15) is 26.2 Å². The summed E-state index contributed by atoms with van der Waals surface area (Å²) < 4.78 is 22.9. The second kappa shape index (κ2) is 4.66. The summed E-state index contributed by atoms with van der Waals surface area (Å²) in [6.45, 7) is 2.08. The van der Waals surface area contributed by atoms with E-state index in [0.717, 1.165) is 0 Å². The summed E-state index contributed by atoms with van der Waals surface area (Å²) in [5.41, 5.74) is -0.790. The normalized spacial score (nSPS) is 33.3. The van der Waals surface area contributed by atoms with Gasteiger partial charge in [-0.15, -0.1) is 0 Å². The van der Waals surface area contributed by atoms with E-state index in [2.05, 4.69) is 5.32 Å². The molecule has 7 nitrogen and oxygen atoms in total. The van der Waals surface area contributed by atoms with Crippen molar-refractivity contribution in [3.05, 3.63) is 0 Å². The number of carboxylic acids is 1. The van der Waals surface area contributed by atoms with E-state index >= 15 is 0 Å². The maximum absolute atomic E-state index is 12.1. The standard InChI is InChI=1S/C11H18N2O5S/c1-11(4-6-19(17,18)7-11)12-10(16)13-5-2-3-8(13)9(14)15/h8H,2-7H2,1H3,(H,12,16)(H,14,15). The predicted octanol–water partition coefficient (Wildman–Crippen LogP) is -0.178. The van der Waals surface area contributed by atoms with Gasteiger partial charge in [0.2, 0.25) is 0 Å². The number of rotatable bonds is 2. The molecular weight excluding hydrogens is 272 g/mol. The van der Waals surface area contributed by atoms with Crippen molar-refractivity contribution >= 4 is 21.8 Å². The van der Waals surface area contributed by atoms with Gasteiger partial charge in [0, 0.05) is 6.54 Å². The number of urea groups is 1. The van der Waals surface area contributed by atoms with E-state index in [9.17, 15) is 18.0 Å². The van der Waals surface area contributed by atoms with Crippen LogP contribution in [0, 0.1) is 0 Å². The van der Waals surface area contributed by atoms with Crippen LogP contribution in [0.15, 0.2) is 0 Å². The van der Waals surface area contributed by atoms with Gasteiger partial charge in [-0.1, -0.05) is 0 Å². The molecule has 19 heavy (non-hydrogen) atoms. The summed E-state index contributed by atoms with van der Waals surface area (Å²) in [5.74, 6) is -1.04. The minimum Gasteiger partial charge on any atom is -0.480 e. The van der Waals surface area contributed by atoms with E-state index in [0.29, 0.717) is 25.8 Å². The number of carbonyl (C=O) groups excluding carboxylic acids is 1. The smallest absolute Gasteiger partial charge is 0.326 e. The molecule has 0 aromatic rings. The molecule has 2 heterocycles. The van der Waals surface area contributed by atoms with Crippen molar-refractivity contribution in [1.82, 2.24) is 10.2 Å². The van der Waals surface area contributed by atoms with Gasteiger partial charge in [0.1, 0.15) is 6.04 Å². The largest absolute Gasteiger partial charge is 0.480 e. The van der Waals surface area contributed by atoms with Crippen molar-refractivity contribution in [2.45, 2.75) is 37.8 Å². The van der Waals surface area contributed by atoms with Gasteiger partial charge < -0.3 is 15.3 Å². The molecule has 2 aliphatic rings. The van der Waals surface area contributed by atoms with Crippen LogP contribution in [0.2, 0.25) is 0 Å². The molecule has 108 valence electrons. The zero-order valence-corrected chi connectivity index (χ0v) is 11.6. The van der Waals surface area contributed by atoms with Crippen LogP contribution >= 0.6 is 0 Å². The summed E-state index contributed by atoms with van der Waals surface area (Å²) in [4.78, 5) is 24.4. The van der Waals surface area contributed by atoms with Crippen molar-refractivity contribution in [2.75, 3.05) is 18.1 Å². The number of nitrogens with zero attached hydrogens (tertiary/aromatic N) is 1. The summed E-state index contributed by atoms with van der Waals surface area (Å²) in [5, 5.41) is 11.7. The van der Waals surface area contributed by atoms with E-state index in [1.807, 2.05) is 0 Å². The van der Waals surface area contributed by atoms with Crippen molar-refractivity contribution in [1.29, 1.82) is 0 Å². The Morgan fingerprint density at radius 2 is 2.11 bits per heavy atom. The van der Waals surface area contributed by atoms with Gasteiger partial charge in [0.25, 0.3) is 0 Å². The lowest BCUT2D eigenvalue weighted by molar-refractivity contribution is -0.141. The lowest BCUT2D eigenvalue weighted by atomic mass is 10.0. The highest BCUT2D eigenvalue weighted by molar-refractivity contribution is 7.91. The molecule has 2 N–H and O–H groups in total. The first-order chi connectivity index (χ1) is 8.72. The van der Waals surface area contributed by atoms with E-state index in [-0.39, 0.29) is 11.5 Å². The highest BCUT2D eigenvalue weighted by Crippen LogP contribution is 2.24. The average Bonchev–Trinajstić information content (AvgIpc) is 2.83. The van der Waals surface area contributed by atoms with Gasteiger partial charge in [-0.05, 0) is 26.2 Å². The Kier molecular flexibility index (Phi) is 3.46. The summed E-state index contributed by atoms with van der Waals surface area (Å²) in [6, 6.07) is -1.29. The number of nitrogens with one attached hydrogen (secondary N) is 1. The number of aliphatic carboxylic acids is 1. The molecule has 0 saturated carbocycles. The van der Waals surface area contributed by atoms with Crippen LogP contribution in [-0.4, -0.2) is 60.1 Å². The van der Waals surface area contributed by atoms with Gasteiger partial charge in [-0.2, -0.15) is 0 Å². The third-order valence-corrected chi connectivity index (χ3v) is 5.61. The molecule has 0 aromatic heterocycles. The molecule has 2 aliphatic heterocycles. The molecule has 2 rings (SSSR count). The molecule has 2 atom stereocenters. The fraction of sp³-hybridized carbons (Fsp3) is 0.818. The quantitative estimate of drug-likeness (QED) is 0.734. The number of amides is 2. The number of likely N-dealkylation sites (tertiary alicyclic amines) is 1. The number of hydrogen-bond donors (Lipinski definition) is 2. The Hall–Kier alpha value is -1.31. The maximum Gasteiger partial charge on any atom is 0.326 e. The molecule has 2 fully saturated rings. The highest BCUT2D eigenvalue weighted by atomic mass is 32.2. The second-order valence-electron chi connectivity index (χ2n) is 5.52. The fourth-order valence-corrected chi connectivity index (χ4v) is 4.80. The number of carboxylic acid groups (broad SMARTS) is 1. The third kappa shape index (κ3) is 2.99. The second-order valence-corrected chi connectivity index (χ2v) is 7.71. The van der Waals surface area contributed by atoms with Gasteiger partial charge in [0.05, 0.1) is 17.0 Å². The molecule has 0 spiro atoms. The average molecular weight is 290 g/mol. The Morgan fingerprint density at radius 3 is 2.63 bits per heavy atom. The first-order valence-corrected chi connectivity index (χ1v) is 8.07. The van der Waals surface area contributed by atoms with Crippen molar-refractivity contribution in [3.8, 4) is 0 Å². The first-order valence-electron chi connectivity index (χ1n) is 6.24. The molecule has 0 radical (unpaired) electrons.